The zero-order valence-corrected chi connectivity index (χ0v) is 26.0. The second-order valence-electron chi connectivity index (χ2n) is 10.2. The second-order valence-corrected chi connectivity index (χ2v) is 12.9. The van der Waals surface area contributed by atoms with Crippen molar-refractivity contribution in [2.75, 3.05) is 17.5 Å². The molecule has 0 spiro atoms. The fourth-order valence-corrected chi connectivity index (χ4v) is 6.57. The molecule has 1 aliphatic carbocycles. The molecular weight excluding hydrogens is 597 g/mol. The molecule has 0 heterocycles. The summed E-state index contributed by atoms with van der Waals surface area (Å²) < 4.78 is 34.4. The lowest BCUT2D eigenvalue weighted by molar-refractivity contribution is -0.139. The van der Waals surface area contributed by atoms with Crippen LogP contribution in [0.3, 0.4) is 0 Å². The molecule has 3 aromatic rings. The van der Waals surface area contributed by atoms with Gasteiger partial charge < -0.3 is 15.0 Å². The molecule has 1 saturated carbocycles. The first-order valence-corrected chi connectivity index (χ1v) is 16.1. The van der Waals surface area contributed by atoms with E-state index in [1.54, 1.807) is 55.5 Å². The number of carbonyl (C=O) groups is 2. The Morgan fingerprint density at radius 2 is 1.50 bits per heavy atom. The number of amides is 2. The topological polar surface area (TPSA) is 96.0 Å². The molecule has 1 fully saturated rings. The van der Waals surface area contributed by atoms with Gasteiger partial charge in [0.25, 0.3) is 10.0 Å². The van der Waals surface area contributed by atoms with E-state index in [0.717, 1.165) is 35.6 Å². The predicted octanol–water partition coefficient (Wildman–Crippen LogP) is 6.06. The number of benzene rings is 3. The standard InChI is InChI=1S/C31H35Cl2N3O5S/c1-3-41-28-16-14-27(15-17-28)36(42(39,40)29-18-12-25(33)13-19-29)21-30(37)35(20-23-8-10-24(32)11-9-23)22(2)31(38)34-26-6-4-5-7-26/h8-19,22,26H,3-7,20-21H2,1-2H3,(H,34,38). The molecule has 1 unspecified atom stereocenters. The molecule has 224 valence electrons. The third-order valence-corrected chi connectivity index (χ3v) is 9.54. The Hall–Kier alpha value is -3.27. The van der Waals surface area contributed by atoms with Crippen molar-refractivity contribution in [2.24, 2.45) is 0 Å². The number of hydrogen-bond donors (Lipinski definition) is 1. The largest absolute Gasteiger partial charge is 0.494 e. The number of carbonyl (C=O) groups excluding carboxylic acids is 2. The summed E-state index contributed by atoms with van der Waals surface area (Å²) in [6, 6.07) is 18.4. The van der Waals surface area contributed by atoms with Crippen LogP contribution in [-0.2, 0) is 26.2 Å². The number of hydrogen-bond acceptors (Lipinski definition) is 5. The molecule has 1 atom stereocenters. The quantitative estimate of drug-likeness (QED) is 0.262. The van der Waals surface area contributed by atoms with Gasteiger partial charge in [0.05, 0.1) is 17.2 Å². The van der Waals surface area contributed by atoms with E-state index in [9.17, 15) is 18.0 Å². The van der Waals surface area contributed by atoms with Gasteiger partial charge in [-0.15, -0.1) is 0 Å². The molecule has 2 amide bonds. The third-order valence-electron chi connectivity index (χ3n) is 7.25. The van der Waals surface area contributed by atoms with Gasteiger partial charge in [-0.3, -0.25) is 13.9 Å². The van der Waals surface area contributed by atoms with Gasteiger partial charge in [0, 0.05) is 22.6 Å². The van der Waals surface area contributed by atoms with Crippen LogP contribution in [0.5, 0.6) is 5.75 Å². The number of nitrogens with zero attached hydrogens (tertiary/aromatic N) is 2. The van der Waals surface area contributed by atoms with E-state index in [1.165, 1.54) is 29.2 Å². The molecule has 11 heteroatoms. The summed E-state index contributed by atoms with van der Waals surface area (Å²) in [7, 11) is -4.20. The van der Waals surface area contributed by atoms with Gasteiger partial charge in [0.2, 0.25) is 11.8 Å². The molecule has 8 nitrogen and oxygen atoms in total. The highest BCUT2D eigenvalue weighted by Crippen LogP contribution is 2.28. The average Bonchev–Trinajstić information content (AvgIpc) is 3.49. The van der Waals surface area contributed by atoms with Crippen molar-refractivity contribution in [3.8, 4) is 5.75 Å². The first-order valence-electron chi connectivity index (χ1n) is 13.9. The van der Waals surface area contributed by atoms with E-state index in [-0.39, 0.29) is 29.1 Å². The maximum Gasteiger partial charge on any atom is 0.264 e. The van der Waals surface area contributed by atoms with E-state index in [2.05, 4.69) is 5.32 Å². The maximum atomic E-state index is 14.1. The number of anilines is 1. The predicted molar refractivity (Wildman–Crippen MR) is 165 cm³/mol. The van der Waals surface area contributed by atoms with Crippen molar-refractivity contribution in [3.05, 3.63) is 88.4 Å². The van der Waals surface area contributed by atoms with E-state index in [4.69, 9.17) is 27.9 Å². The number of ether oxygens (including phenoxy) is 1. The number of halogens is 2. The fourth-order valence-electron chi connectivity index (χ4n) is 4.90. The number of sulfonamides is 1. The Morgan fingerprint density at radius 3 is 2.07 bits per heavy atom. The van der Waals surface area contributed by atoms with Gasteiger partial charge in [0.15, 0.2) is 0 Å². The lowest BCUT2D eigenvalue weighted by Gasteiger charge is -2.32. The molecule has 0 aromatic heterocycles. The Bertz CT molecular complexity index is 1460. The van der Waals surface area contributed by atoms with Gasteiger partial charge in [-0.25, -0.2) is 8.42 Å². The van der Waals surface area contributed by atoms with Crippen LogP contribution in [0.15, 0.2) is 77.7 Å². The van der Waals surface area contributed by atoms with Crippen molar-refractivity contribution in [3.63, 3.8) is 0 Å². The molecule has 3 aromatic carbocycles. The SMILES string of the molecule is CCOc1ccc(N(CC(=O)N(Cc2ccc(Cl)cc2)C(C)C(=O)NC2CCCC2)S(=O)(=O)c2ccc(Cl)cc2)cc1. The normalized spacial score (nSPS) is 14.3. The molecule has 42 heavy (non-hydrogen) atoms. The van der Waals surface area contributed by atoms with Gasteiger partial charge >= 0.3 is 0 Å². The molecular formula is C31H35Cl2N3O5S. The molecule has 0 bridgehead atoms. The van der Waals surface area contributed by atoms with Crippen molar-refractivity contribution >= 4 is 50.7 Å². The Balaban J connectivity index is 1.68. The highest BCUT2D eigenvalue weighted by Gasteiger charge is 2.33. The molecule has 1 aliphatic rings. The van der Waals surface area contributed by atoms with Gasteiger partial charge in [0.1, 0.15) is 18.3 Å². The summed E-state index contributed by atoms with van der Waals surface area (Å²) in [5.74, 6) is -0.249. The zero-order valence-electron chi connectivity index (χ0n) is 23.6. The lowest BCUT2D eigenvalue weighted by Crippen LogP contribution is -2.52. The summed E-state index contributed by atoms with van der Waals surface area (Å²) in [6.07, 6.45) is 3.89. The van der Waals surface area contributed by atoms with E-state index in [0.29, 0.717) is 22.4 Å². The highest BCUT2D eigenvalue weighted by atomic mass is 35.5. The van der Waals surface area contributed by atoms with Gasteiger partial charge in [-0.2, -0.15) is 0 Å². The lowest BCUT2D eigenvalue weighted by atomic mass is 10.1. The zero-order chi connectivity index (χ0) is 30.3. The molecule has 1 N–H and O–H groups in total. The van der Waals surface area contributed by atoms with Crippen LogP contribution in [0.4, 0.5) is 5.69 Å². The third kappa shape index (κ3) is 7.96. The monoisotopic (exact) mass is 631 g/mol. The van der Waals surface area contributed by atoms with Crippen LogP contribution in [0.25, 0.3) is 0 Å². The maximum absolute atomic E-state index is 14.1. The Labute approximate surface area is 257 Å². The second kappa shape index (κ2) is 14.3. The van der Waals surface area contributed by atoms with E-state index < -0.39 is 28.5 Å². The molecule has 4 rings (SSSR count). The minimum Gasteiger partial charge on any atom is -0.494 e. The first kappa shape index (κ1) is 31.7. The van der Waals surface area contributed by atoms with Crippen LogP contribution >= 0.6 is 23.2 Å². The highest BCUT2D eigenvalue weighted by molar-refractivity contribution is 7.92. The smallest absolute Gasteiger partial charge is 0.264 e. The molecule has 0 radical (unpaired) electrons. The van der Waals surface area contributed by atoms with Crippen LogP contribution in [0.1, 0.15) is 45.1 Å². The number of rotatable bonds is 12. The van der Waals surface area contributed by atoms with Crippen molar-refractivity contribution in [1.82, 2.24) is 10.2 Å². The van der Waals surface area contributed by atoms with Gasteiger partial charge in [-0.1, -0.05) is 48.2 Å². The minimum absolute atomic E-state index is 0.0233. The summed E-state index contributed by atoms with van der Waals surface area (Å²) >= 11 is 12.1. The van der Waals surface area contributed by atoms with Gasteiger partial charge in [-0.05, 0) is 92.9 Å². The van der Waals surface area contributed by atoms with E-state index in [1.807, 2.05) is 6.92 Å². The number of nitrogens with one attached hydrogen (secondary N) is 1. The summed E-state index contributed by atoms with van der Waals surface area (Å²) in [5, 5.41) is 3.99. The Kier molecular flexibility index (Phi) is 10.8. The van der Waals surface area contributed by atoms with Crippen LogP contribution in [-0.4, -0.2) is 50.4 Å². The van der Waals surface area contributed by atoms with Crippen molar-refractivity contribution in [1.29, 1.82) is 0 Å². The van der Waals surface area contributed by atoms with E-state index >= 15 is 0 Å². The van der Waals surface area contributed by atoms with Crippen LogP contribution in [0.2, 0.25) is 10.0 Å². The molecule has 0 aliphatic heterocycles. The first-order chi connectivity index (χ1) is 20.1. The summed E-state index contributed by atoms with van der Waals surface area (Å²) in [6.45, 7) is 3.52. The van der Waals surface area contributed by atoms with Crippen LogP contribution in [0, 0.1) is 0 Å². The van der Waals surface area contributed by atoms with Crippen LogP contribution < -0.4 is 14.4 Å². The average molecular weight is 633 g/mol. The minimum atomic E-state index is -4.20. The van der Waals surface area contributed by atoms with Crippen molar-refractivity contribution in [2.45, 2.75) is 63.1 Å². The summed E-state index contributed by atoms with van der Waals surface area (Å²) in [5.41, 5.74) is 1.03. The fraction of sp³-hybridized carbons (Fsp3) is 0.355. The molecule has 0 saturated heterocycles. The Morgan fingerprint density at radius 1 is 0.929 bits per heavy atom. The van der Waals surface area contributed by atoms with Crippen molar-refractivity contribution < 1.29 is 22.7 Å². The summed E-state index contributed by atoms with van der Waals surface area (Å²) in [4.78, 5) is 28.7.